The summed E-state index contributed by atoms with van der Waals surface area (Å²) in [6.45, 7) is 5.77. The van der Waals surface area contributed by atoms with E-state index in [-0.39, 0.29) is 47.6 Å². The molecule has 4 aromatic heterocycles. The molecule has 5 heterocycles. The molecule has 1 unspecified atom stereocenters. The lowest BCUT2D eigenvalue weighted by Gasteiger charge is -2.31. The first kappa shape index (κ1) is 43.2. The van der Waals surface area contributed by atoms with Crippen LogP contribution in [0.2, 0.25) is 0 Å². The fourth-order valence-electron chi connectivity index (χ4n) is 7.54. The van der Waals surface area contributed by atoms with E-state index in [1.807, 2.05) is 32.0 Å². The van der Waals surface area contributed by atoms with Gasteiger partial charge in [-0.05, 0) is 72.3 Å². The van der Waals surface area contributed by atoms with E-state index >= 15 is 0 Å². The number of phenolic OH excluding ortho intramolecular Hbond substituents is 2. The molecule has 0 aliphatic carbocycles. The molecule has 1 amide bonds. The molecule has 0 saturated carbocycles. The zero-order chi connectivity index (χ0) is 44.8. The molecule has 1 aliphatic heterocycles. The fourth-order valence-corrected chi connectivity index (χ4v) is 8.44. The molecule has 0 bridgehead atoms. The second-order valence-corrected chi connectivity index (χ2v) is 15.6. The number of methoxy groups -OCH3 is 1. The minimum atomic E-state index is -1.55. The molecule has 0 saturated heterocycles. The highest BCUT2D eigenvalue weighted by atomic mass is 32.1. The molecule has 8 aromatic rings. The standard InChI is InChI=1S/C45H38FN9O6S.C2H6/c1-60-37-21-29(57)10-12-31(37)45(27-6-8-28(56)9-7-27)32-20-26(5-11-30(32)44(59)61-45)42(58)50-22-25-4-13-34-35(19-25)54-38(53-34)14-17-47-18-15-39-55-40-41(51-24-52-43(40)62-39)49-23-36-33(46)3-2-16-48-36;1-2/h2-13,16,19-21,24,47,56-57H,14-15,17-18,22-23H2,1H3,(H,50,58)(H,53,54)(H,49,51,52);1-2H3. The summed E-state index contributed by atoms with van der Waals surface area (Å²) in [6, 6.07) is 24.2. The number of phenols is 2. The molecule has 4 aromatic carbocycles. The lowest BCUT2D eigenvalue weighted by Crippen LogP contribution is -2.30. The maximum absolute atomic E-state index is 14.1. The molecule has 1 atom stereocenters. The largest absolute Gasteiger partial charge is 0.508 e. The zero-order valence-corrected chi connectivity index (χ0v) is 35.9. The Morgan fingerprint density at radius 3 is 2.52 bits per heavy atom. The zero-order valence-electron chi connectivity index (χ0n) is 35.1. The molecule has 17 heteroatoms. The molecular weight excluding hydrogens is 838 g/mol. The highest BCUT2D eigenvalue weighted by Gasteiger charge is 2.50. The molecule has 0 fully saturated rings. The number of amides is 1. The van der Waals surface area contributed by atoms with Crippen LogP contribution in [0.25, 0.3) is 21.4 Å². The molecular formula is C47H44FN9O6S. The summed E-state index contributed by atoms with van der Waals surface area (Å²) >= 11 is 1.49. The van der Waals surface area contributed by atoms with Gasteiger partial charge in [-0.2, -0.15) is 0 Å². The number of carbonyl (C=O) groups is 2. The van der Waals surface area contributed by atoms with Gasteiger partial charge in [-0.15, -0.1) is 0 Å². The van der Waals surface area contributed by atoms with E-state index in [4.69, 9.17) is 19.4 Å². The van der Waals surface area contributed by atoms with Crippen LogP contribution in [0.1, 0.15) is 73.3 Å². The van der Waals surface area contributed by atoms with Gasteiger partial charge in [0, 0.05) is 67.0 Å². The first-order valence-corrected chi connectivity index (χ1v) is 21.4. The van der Waals surface area contributed by atoms with Crippen molar-refractivity contribution in [3.63, 3.8) is 0 Å². The van der Waals surface area contributed by atoms with Crippen molar-refractivity contribution in [2.45, 2.75) is 45.4 Å². The van der Waals surface area contributed by atoms with Crippen LogP contribution >= 0.6 is 11.3 Å². The van der Waals surface area contributed by atoms with Crippen LogP contribution in [0.15, 0.2) is 104 Å². The lowest BCUT2D eigenvalue weighted by atomic mass is 9.78. The predicted octanol–water partition coefficient (Wildman–Crippen LogP) is 7.32. The van der Waals surface area contributed by atoms with E-state index in [1.165, 1.54) is 55.1 Å². The molecule has 6 N–H and O–H groups in total. The summed E-state index contributed by atoms with van der Waals surface area (Å²) in [5, 5.41) is 30.8. The molecule has 64 heavy (non-hydrogen) atoms. The van der Waals surface area contributed by atoms with Gasteiger partial charge in [0.15, 0.2) is 11.4 Å². The van der Waals surface area contributed by atoms with Gasteiger partial charge in [0.1, 0.15) is 45.6 Å². The highest BCUT2D eigenvalue weighted by Crippen LogP contribution is 2.50. The number of carbonyl (C=O) groups excluding carboxylic acids is 2. The van der Waals surface area contributed by atoms with Crippen molar-refractivity contribution in [2.24, 2.45) is 0 Å². The number of hydrogen-bond acceptors (Lipinski definition) is 14. The summed E-state index contributed by atoms with van der Waals surface area (Å²) in [4.78, 5) is 53.5. The van der Waals surface area contributed by atoms with E-state index in [9.17, 15) is 24.2 Å². The van der Waals surface area contributed by atoms with Crippen LogP contribution in [0, 0.1) is 5.82 Å². The normalized spacial score (nSPS) is 14.2. The third-order valence-corrected chi connectivity index (χ3v) is 11.6. The molecule has 0 radical (unpaired) electrons. The van der Waals surface area contributed by atoms with Crippen molar-refractivity contribution in [2.75, 3.05) is 25.5 Å². The van der Waals surface area contributed by atoms with Crippen LogP contribution in [-0.2, 0) is 36.3 Å². The number of ether oxygens (including phenoxy) is 2. The van der Waals surface area contributed by atoms with Gasteiger partial charge in [-0.3, -0.25) is 9.78 Å². The third kappa shape index (κ3) is 8.75. The van der Waals surface area contributed by atoms with Crippen LogP contribution in [0.5, 0.6) is 17.2 Å². The predicted molar refractivity (Wildman–Crippen MR) is 240 cm³/mol. The number of aromatic hydroxyl groups is 2. The monoisotopic (exact) mass is 881 g/mol. The topological polar surface area (TPSA) is 209 Å². The number of anilines is 1. The van der Waals surface area contributed by atoms with E-state index < -0.39 is 11.6 Å². The number of benzene rings is 4. The Bertz CT molecular complexity index is 2980. The van der Waals surface area contributed by atoms with Gasteiger partial charge in [0.05, 0.1) is 41.0 Å². The van der Waals surface area contributed by atoms with E-state index in [2.05, 4.69) is 35.9 Å². The number of imidazole rings is 1. The van der Waals surface area contributed by atoms with Gasteiger partial charge in [0.25, 0.3) is 5.91 Å². The summed E-state index contributed by atoms with van der Waals surface area (Å²) in [7, 11) is 1.45. The number of aromatic amines is 1. The number of nitrogens with zero attached hydrogens (tertiary/aromatic N) is 5. The number of pyridine rings is 1. The van der Waals surface area contributed by atoms with Crippen molar-refractivity contribution in [1.29, 1.82) is 0 Å². The molecule has 1 aliphatic rings. The van der Waals surface area contributed by atoms with E-state index in [0.29, 0.717) is 65.2 Å². The average Bonchev–Trinajstić information content (AvgIpc) is 4.02. The summed E-state index contributed by atoms with van der Waals surface area (Å²) in [6.07, 6.45) is 4.36. The van der Waals surface area contributed by atoms with Gasteiger partial charge < -0.3 is 40.6 Å². The molecule has 0 spiro atoms. The van der Waals surface area contributed by atoms with E-state index in [0.717, 1.165) is 32.3 Å². The van der Waals surface area contributed by atoms with E-state index in [1.54, 1.807) is 48.7 Å². The highest BCUT2D eigenvalue weighted by molar-refractivity contribution is 7.18. The SMILES string of the molecule is CC.COc1cc(O)ccc1C1(c2ccc(O)cc2)OC(=O)c2ccc(C(=O)NCc3ccc4nc(CCNCCc5nc6c(NCc7ncccc7F)ncnc6s5)[nH]c4c3)cc21. The average molecular weight is 882 g/mol. The Balaban J connectivity index is 0.00000276. The van der Waals surface area contributed by atoms with Crippen LogP contribution in [0.4, 0.5) is 10.2 Å². The van der Waals surface area contributed by atoms with Crippen molar-refractivity contribution < 1.29 is 33.7 Å². The summed E-state index contributed by atoms with van der Waals surface area (Å²) in [5.41, 5.74) is 3.81. The number of thiazole rings is 1. The van der Waals surface area contributed by atoms with Gasteiger partial charge in [0.2, 0.25) is 0 Å². The lowest BCUT2D eigenvalue weighted by molar-refractivity contribution is 0.0245. The Labute approximate surface area is 370 Å². The number of fused-ring (bicyclic) bond motifs is 3. The first-order valence-electron chi connectivity index (χ1n) is 20.6. The minimum Gasteiger partial charge on any atom is -0.508 e. The fraction of sp³-hybridized carbons (Fsp3) is 0.213. The van der Waals surface area contributed by atoms with Crippen molar-refractivity contribution >= 4 is 50.4 Å². The Morgan fingerprint density at radius 1 is 0.891 bits per heavy atom. The van der Waals surface area contributed by atoms with Crippen LogP contribution in [-0.4, -0.2) is 72.2 Å². The Hall–Kier alpha value is -7.50. The quantitative estimate of drug-likeness (QED) is 0.0441. The number of rotatable bonds is 15. The summed E-state index contributed by atoms with van der Waals surface area (Å²) < 4.78 is 25.8. The maximum Gasteiger partial charge on any atom is 0.340 e. The van der Waals surface area contributed by atoms with Crippen LogP contribution < -0.4 is 20.7 Å². The van der Waals surface area contributed by atoms with Gasteiger partial charge in [-0.25, -0.2) is 29.1 Å². The second-order valence-electron chi connectivity index (χ2n) is 14.5. The number of cyclic esters (lactones) is 1. The number of aromatic nitrogens is 6. The number of hydrogen-bond donors (Lipinski definition) is 6. The Kier molecular flexibility index (Phi) is 12.7. The van der Waals surface area contributed by atoms with Crippen molar-refractivity contribution in [1.82, 2.24) is 40.5 Å². The molecule has 9 rings (SSSR count). The van der Waals surface area contributed by atoms with Crippen LogP contribution in [0.3, 0.4) is 0 Å². The smallest absolute Gasteiger partial charge is 0.340 e. The third-order valence-electron chi connectivity index (χ3n) is 10.6. The first-order chi connectivity index (χ1) is 31.2. The minimum absolute atomic E-state index is 0.0221. The maximum atomic E-state index is 14.1. The van der Waals surface area contributed by atoms with Crippen molar-refractivity contribution in [3.8, 4) is 17.2 Å². The van der Waals surface area contributed by atoms with Gasteiger partial charge in [-0.1, -0.05) is 43.4 Å². The molecule has 15 nitrogen and oxygen atoms in total. The molecule has 326 valence electrons. The number of nitrogens with one attached hydrogen (secondary N) is 4. The number of halogens is 1. The van der Waals surface area contributed by atoms with Crippen molar-refractivity contribution in [3.05, 3.63) is 159 Å². The van der Waals surface area contributed by atoms with Gasteiger partial charge >= 0.3 is 5.97 Å². The number of H-pyrrole nitrogens is 1. The summed E-state index contributed by atoms with van der Waals surface area (Å²) in [5.74, 6) is 0.244. The number of esters is 1. The second kappa shape index (κ2) is 18.9. The Morgan fingerprint density at radius 2 is 1.70 bits per heavy atom.